The molecule has 0 aliphatic rings. The number of nitrogens with one attached hydrogen (secondary N) is 2. The van der Waals surface area contributed by atoms with Crippen molar-refractivity contribution in [3.05, 3.63) is 71.0 Å². The van der Waals surface area contributed by atoms with Crippen LogP contribution in [0.2, 0.25) is 0 Å². The zero-order valence-corrected chi connectivity index (χ0v) is 14.3. The molecule has 2 aromatic heterocycles. The summed E-state index contributed by atoms with van der Waals surface area (Å²) in [5.41, 5.74) is 0.890. The van der Waals surface area contributed by atoms with Gasteiger partial charge in [-0.3, -0.25) is 9.59 Å². The number of anilines is 1. The minimum atomic E-state index is -0.354. The van der Waals surface area contributed by atoms with Gasteiger partial charge < -0.3 is 19.8 Å². The second-order valence-electron chi connectivity index (χ2n) is 5.09. The third-order valence-electron chi connectivity index (χ3n) is 3.44. The molecule has 0 fully saturated rings. The van der Waals surface area contributed by atoms with Crippen LogP contribution < -0.4 is 15.4 Å². The third-order valence-corrected chi connectivity index (χ3v) is 4.44. The highest BCUT2D eigenvalue weighted by Gasteiger charge is 2.13. The average molecular weight is 356 g/mol. The SMILES string of the molecule is COc1ccccc1CNC(=O)c1ccc(NC(=O)c2ccco2)s1. The van der Waals surface area contributed by atoms with Crippen LogP contribution >= 0.6 is 11.3 Å². The number of ether oxygens (including phenoxy) is 1. The fourth-order valence-corrected chi connectivity index (χ4v) is 3.04. The third kappa shape index (κ3) is 4.07. The van der Waals surface area contributed by atoms with Gasteiger partial charge >= 0.3 is 0 Å². The van der Waals surface area contributed by atoms with Gasteiger partial charge in [0.1, 0.15) is 5.75 Å². The largest absolute Gasteiger partial charge is 0.496 e. The number of furan rings is 1. The van der Waals surface area contributed by atoms with Gasteiger partial charge in [-0.25, -0.2) is 0 Å². The molecule has 2 heterocycles. The molecule has 3 rings (SSSR count). The molecule has 0 aliphatic carbocycles. The number of carbonyl (C=O) groups excluding carboxylic acids is 2. The highest BCUT2D eigenvalue weighted by molar-refractivity contribution is 7.18. The number of methoxy groups -OCH3 is 1. The van der Waals surface area contributed by atoms with Crippen LogP contribution in [0.25, 0.3) is 0 Å². The van der Waals surface area contributed by atoms with Gasteiger partial charge in [-0.15, -0.1) is 11.3 Å². The Morgan fingerprint density at radius 1 is 1.08 bits per heavy atom. The van der Waals surface area contributed by atoms with E-state index in [1.165, 1.54) is 17.6 Å². The van der Waals surface area contributed by atoms with Crippen molar-refractivity contribution in [2.75, 3.05) is 12.4 Å². The monoisotopic (exact) mass is 356 g/mol. The molecule has 0 radical (unpaired) electrons. The van der Waals surface area contributed by atoms with E-state index in [1.807, 2.05) is 24.3 Å². The van der Waals surface area contributed by atoms with Gasteiger partial charge in [0.15, 0.2) is 5.76 Å². The lowest BCUT2D eigenvalue weighted by molar-refractivity contribution is 0.0953. The number of carbonyl (C=O) groups is 2. The molecule has 0 spiro atoms. The van der Waals surface area contributed by atoms with Gasteiger partial charge in [0.2, 0.25) is 0 Å². The number of hydrogen-bond acceptors (Lipinski definition) is 5. The molecule has 0 aliphatic heterocycles. The summed E-state index contributed by atoms with van der Waals surface area (Å²) in [5.74, 6) is 0.373. The molecule has 128 valence electrons. The number of thiophene rings is 1. The van der Waals surface area contributed by atoms with Crippen LogP contribution in [0.5, 0.6) is 5.75 Å². The Kier molecular flexibility index (Phi) is 5.15. The van der Waals surface area contributed by atoms with Crippen molar-refractivity contribution >= 4 is 28.2 Å². The molecule has 0 atom stereocenters. The quantitative estimate of drug-likeness (QED) is 0.708. The standard InChI is InChI=1S/C18H16N2O4S/c1-23-13-6-3-2-5-12(13)11-19-18(22)15-8-9-16(25-15)20-17(21)14-7-4-10-24-14/h2-10H,11H2,1H3,(H,19,22)(H,20,21). The molecule has 7 heteroatoms. The first-order chi connectivity index (χ1) is 12.2. The predicted octanol–water partition coefficient (Wildman–Crippen LogP) is 3.53. The molecule has 25 heavy (non-hydrogen) atoms. The maximum Gasteiger partial charge on any atom is 0.291 e. The number of para-hydroxylation sites is 1. The molecule has 0 saturated carbocycles. The topological polar surface area (TPSA) is 80.6 Å². The fourth-order valence-electron chi connectivity index (χ4n) is 2.22. The number of amides is 2. The lowest BCUT2D eigenvalue weighted by Crippen LogP contribution is -2.22. The van der Waals surface area contributed by atoms with E-state index in [9.17, 15) is 9.59 Å². The number of benzene rings is 1. The van der Waals surface area contributed by atoms with Gasteiger partial charge in [-0.1, -0.05) is 18.2 Å². The second-order valence-corrected chi connectivity index (χ2v) is 6.17. The summed E-state index contributed by atoms with van der Waals surface area (Å²) in [7, 11) is 1.59. The van der Waals surface area contributed by atoms with E-state index in [-0.39, 0.29) is 17.6 Å². The minimum Gasteiger partial charge on any atom is -0.496 e. The van der Waals surface area contributed by atoms with Crippen molar-refractivity contribution in [1.82, 2.24) is 5.32 Å². The van der Waals surface area contributed by atoms with Crippen LogP contribution in [-0.2, 0) is 6.54 Å². The van der Waals surface area contributed by atoms with Crippen molar-refractivity contribution in [3.63, 3.8) is 0 Å². The summed E-state index contributed by atoms with van der Waals surface area (Å²) in [4.78, 5) is 24.7. The van der Waals surface area contributed by atoms with Gasteiger partial charge in [0.25, 0.3) is 11.8 Å². The van der Waals surface area contributed by atoms with Crippen molar-refractivity contribution in [2.24, 2.45) is 0 Å². The molecule has 6 nitrogen and oxygen atoms in total. The van der Waals surface area contributed by atoms with Crippen molar-refractivity contribution in [2.45, 2.75) is 6.54 Å². The fraction of sp³-hybridized carbons (Fsp3) is 0.111. The molecule has 0 unspecified atom stereocenters. The summed E-state index contributed by atoms with van der Waals surface area (Å²) < 4.78 is 10.3. The van der Waals surface area contributed by atoms with Crippen molar-refractivity contribution in [3.8, 4) is 5.75 Å². The first-order valence-corrected chi connectivity index (χ1v) is 8.34. The Morgan fingerprint density at radius 2 is 1.92 bits per heavy atom. The van der Waals surface area contributed by atoms with Crippen LogP contribution in [0.15, 0.2) is 59.2 Å². The first-order valence-electron chi connectivity index (χ1n) is 7.52. The number of hydrogen-bond donors (Lipinski definition) is 2. The Bertz CT molecular complexity index is 871. The van der Waals surface area contributed by atoms with Crippen molar-refractivity contribution in [1.29, 1.82) is 0 Å². The average Bonchev–Trinajstić information content (AvgIpc) is 3.31. The lowest BCUT2D eigenvalue weighted by atomic mass is 10.2. The van der Waals surface area contributed by atoms with Gasteiger partial charge in [0.05, 0.1) is 23.3 Å². The Labute approximate surface area is 148 Å². The number of rotatable bonds is 6. The summed E-state index contributed by atoms with van der Waals surface area (Å²) >= 11 is 1.19. The molecule has 2 amide bonds. The summed E-state index contributed by atoms with van der Waals surface area (Å²) in [5, 5.41) is 6.11. The second kappa shape index (κ2) is 7.67. The molecular formula is C18H16N2O4S. The molecular weight excluding hydrogens is 340 g/mol. The maximum atomic E-state index is 12.3. The van der Waals surface area contributed by atoms with Crippen molar-refractivity contribution < 1.29 is 18.7 Å². The molecule has 3 aromatic rings. The molecule has 1 aromatic carbocycles. The maximum absolute atomic E-state index is 12.3. The van der Waals surface area contributed by atoms with Crippen LogP contribution in [-0.4, -0.2) is 18.9 Å². The molecule has 2 N–H and O–H groups in total. The van der Waals surface area contributed by atoms with E-state index in [0.717, 1.165) is 11.3 Å². The Morgan fingerprint density at radius 3 is 2.68 bits per heavy atom. The van der Waals surface area contributed by atoms with Crippen LogP contribution in [0, 0.1) is 0 Å². The zero-order chi connectivity index (χ0) is 17.6. The van der Waals surface area contributed by atoms with Crippen LogP contribution in [0.3, 0.4) is 0 Å². The highest BCUT2D eigenvalue weighted by Crippen LogP contribution is 2.23. The van der Waals surface area contributed by atoms with Gasteiger partial charge in [0, 0.05) is 12.1 Å². The summed E-state index contributed by atoms with van der Waals surface area (Å²) in [6.45, 7) is 0.356. The van der Waals surface area contributed by atoms with E-state index in [2.05, 4.69) is 10.6 Å². The minimum absolute atomic E-state index is 0.214. The predicted molar refractivity (Wildman–Crippen MR) is 95.1 cm³/mol. The first kappa shape index (κ1) is 16.8. The van der Waals surface area contributed by atoms with E-state index in [0.29, 0.717) is 16.4 Å². The van der Waals surface area contributed by atoms with Crippen LogP contribution in [0.4, 0.5) is 5.00 Å². The molecule has 0 saturated heterocycles. The lowest BCUT2D eigenvalue weighted by Gasteiger charge is -2.08. The highest BCUT2D eigenvalue weighted by atomic mass is 32.1. The molecule has 0 bridgehead atoms. The van der Waals surface area contributed by atoms with Crippen LogP contribution in [0.1, 0.15) is 25.8 Å². The van der Waals surface area contributed by atoms with Gasteiger partial charge in [-0.05, 0) is 30.3 Å². The smallest absolute Gasteiger partial charge is 0.291 e. The Balaban J connectivity index is 1.60. The van der Waals surface area contributed by atoms with E-state index < -0.39 is 0 Å². The van der Waals surface area contributed by atoms with E-state index >= 15 is 0 Å². The zero-order valence-electron chi connectivity index (χ0n) is 13.4. The van der Waals surface area contributed by atoms with Gasteiger partial charge in [-0.2, -0.15) is 0 Å². The summed E-state index contributed by atoms with van der Waals surface area (Å²) in [6, 6.07) is 14.1. The normalized spacial score (nSPS) is 10.3. The Hall–Kier alpha value is -3.06. The van der Waals surface area contributed by atoms with E-state index in [4.69, 9.17) is 9.15 Å². The summed E-state index contributed by atoms with van der Waals surface area (Å²) in [6.07, 6.45) is 1.43. The van der Waals surface area contributed by atoms with E-state index in [1.54, 1.807) is 31.4 Å².